The first-order chi connectivity index (χ1) is 10.4. The summed E-state index contributed by atoms with van der Waals surface area (Å²) in [7, 11) is 0. The molecule has 0 aromatic heterocycles. The highest BCUT2D eigenvalue weighted by molar-refractivity contribution is 5.87. The summed E-state index contributed by atoms with van der Waals surface area (Å²) in [5.74, 6) is -0.642. The first-order valence-corrected chi connectivity index (χ1v) is 8.04. The fourth-order valence-electron chi connectivity index (χ4n) is 3.33. The summed E-state index contributed by atoms with van der Waals surface area (Å²) in [5, 5.41) is 12.3. The molecular weight excluding hydrogens is 278 g/mol. The molecule has 0 saturated heterocycles. The number of hydrogen-bond donors (Lipinski definition) is 2. The SMILES string of the molecule is CC(C)C(CC(=O)NC1(C(=O)O)CCCC1)c1ccccc1. The maximum Gasteiger partial charge on any atom is 0.329 e. The summed E-state index contributed by atoms with van der Waals surface area (Å²) in [6.07, 6.45) is 3.12. The van der Waals surface area contributed by atoms with E-state index in [4.69, 9.17) is 0 Å². The van der Waals surface area contributed by atoms with Gasteiger partial charge >= 0.3 is 5.97 Å². The molecule has 0 heterocycles. The largest absolute Gasteiger partial charge is 0.480 e. The highest BCUT2D eigenvalue weighted by Gasteiger charge is 2.42. The molecule has 4 nitrogen and oxygen atoms in total. The topological polar surface area (TPSA) is 66.4 Å². The lowest BCUT2D eigenvalue weighted by atomic mass is 9.85. The Labute approximate surface area is 131 Å². The third kappa shape index (κ3) is 3.67. The molecule has 1 unspecified atom stereocenters. The van der Waals surface area contributed by atoms with E-state index in [-0.39, 0.29) is 11.8 Å². The van der Waals surface area contributed by atoms with Crippen LogP contribution in [0.25, 0.3) is 0 Å². The molecule has 0 radical (unpaired) electrons. The Balaban J connectivity index is 2.07. The van der Waals surface area contributed by atoms with Crippen LogP contribution < -0.4 is 5.32 Å². The van der Waals surface area contributed by atoms with Gasteiger partial charge in [0.1, 0.15) is 5.54 Å². The predicted molar refractivity (Wildman–Crippen MR) is 85.6 cm³/mol. The van der Waals surface area contributed by atoms with Crippen LogP contribution in [0.5, 0.6) is 0 Å². The van der Waals surface area contributed by atoms with Gasteiger partial charge in [0.25, 0.3) is 0 Å². The van der Waals surface area contributed by atoms with Crippen LogP contribution in [0.1, 0.15) is 57.4 Å². The number of carboxylic acids is 1. The maximum absolute atomic E-state index is 12.4. The number of benzene rings is 1. The summed E-state index contributed by atoms with van der Waals surface area (Å²) in [5.41, 5.74) is 0.0819. The van der Waals surface area contributed by atoms with Gasteiger partial charge in [0.05, 0.1) is 0 Å². The lowest BCUT2D eigenvalue weighted by Gasteiger charge is -2.27. The van der Waals surface area contributed by atoms with Crippen LogP contribution in [0.15, 0.2) is 30.3 Å². The van der Waals surface area contributed by atoms with Gasteiger partial charge in [-0.15, -0.1) is 0 Å². The molecule has 0 spiro atoms. The van der Waals surface area contributed by atoms with Crippen LogP contribution in [0.2, 0.25) is 0 Å². The molecule has 1 amide bonds. The lowest BCUT2D eigenvalue weighted by molar-refractivity contribution is -0.147. The van der Waals surface area contributed by atoms with Crippen LogP contribution in [0.3, 0.4) is 0 Å². The van der Waals surface area contributed by atoms with Gasteiger partial charge in [-0.05, 0) is 30.2 Å². The van der Waals surface area contributed by atoms with Crippen molar-refractivity contribution in [1.29, 1.82) is 0 Å². The molecule has 1 atom stereocenters. The van der Waals surface area contributed by atoms with Gasteiger partial charge in [-0.1, -0.05) is 57.0 Å². The zero-order valence-corrected chi connectivity index (χ0v) is 13.3. The Morgan fingerprint density at radius 1 is 1.18 bits per heavy atom. The highest BCUT2D eigenvalue weighted by atomic mass is 16.4. The van der Waals surface area contributed by atoms with Gasteiger partial charge in [-0.3, -0.25) is 4.79 Å². The van der Waals surface area contributed by atoms with E-state index < -0.39 is 11.5 Å². The van der Waals surface area contributed by atoms with E-state index in [1.807, 2.05) is 30.3 Å². The summed E-state index contributed by atoms with van der Waals surface area (Å²) < 4.78 is 0. The van der Waals surface area contributed by atoms with Crippen molar-refractivity contribution in [3.05, 3.63) is 35.9 Å². The first-order valence-electron chi connectivity index (χ1n) is 8.04. The molecule has 2 N–H and O–H groups in total. The minimum Gasteiger partial charge on any atom is -0.480 e. The summed E-state index contributed by atoms with van der Waals surface area (Å²) in [6, 6.07) is 9.95. The molecule has 0 aliphatic heterocycles. The smallest absolute Gasteiger partial charge is 0.329 e. The zero-order valence-electron chi connectivity index (χ0n) is 13.3. The number of amides is 1. The lowest BCUT2D eigenvalue weighted by Crippen LogP contribution is -2.52. The fraction of sp³-hybridized carbons (Fsp3) is 0.556. The summed E-state index contributed by atoms with van der Waals surface area (Å²) in [4.78, 5) is 24.0. The van der Waals surface area contributed by atoms with Crippen LogP contribution >= 0.6 is 0 Å². The van der Waals surface area contributed by atoms with E-state index in [9.17, 15) is 14.7 Å². The number of carbonyl (C=O) groups is 2. The first kappa shape index (κ1) is 16.5. The second-order valence-electron chi connectivity index (χ2n) is 6.61. The third-order valence-electron chi connectivity index (χ3n) is 4.68. The highest BCUT2D eigenvalue weighted by Crippen LogP contribution is 2.32. The number of rotatable bonds is 6. The van der Waals surface area contributed by atoms with Crippen molar-refractivity contribution in [2.24, 2.45) is 5.92 Å². The van der Waals surface area contributed by atoms with Crippen molar-refractivity contribution >= 4 is 11.9 Å². The Morgan fingerprint density at radius 3 is 2.27 bits per heavy atom. The molecule has 0 bridgehead atoms. The molecule has 1 aromatic rings. The normalized spacial score (nSPS) is 18.1. The molecule has 120 valence electrons. The molecule has 1 aliphatic rings. The average Bonchev–Trinajstić information content (AvgIpc) is 2.95. The van der Waals surface area contributed by atoms with Crippen molar-refractivity contribution in [2.45, 2.75) is 57.4 Å². The predicted octanol–water partition coefficient (Wildman–Crippen LogP) is 3.33. The van der Waals surface area contributed by atoms with E-state index in [0.717, 1.165) is 18.4 Å². The van der Waals surface area contributed by atoms with E-state index in [0.29, 0.717) is 25.2 Å². The number of nitrogens with one attached hydrogen (secondary N) is 1. The Hall–Kier alpha value is -1.84. The molecule has 1 aliphatic carbocycles. The van der Waals surface area contributed by atoms with Gasteiger partial charge in [0, 0.05) is 6.42 Å². The summed E-state index contributed by atoms with van der Waals surface area (Å²) >= 11 is 0. The zero-order chi connectivity index (χ0) is 16.2. The van der Waals surface area contributed by atoms with Gasteiger partial charge in [-0.25, -0.2) is 4.79 Å². The number of carboxylic acid groups (broad SMARTS) is 1. The van der Waals surface area contributed by atoms with Crippen molar-refractivity contribution in [2.75, 3.05) is 0 Å². The van der Waals surface area contributed by atoms with Crippen LogP contribution in [0.4, 0.5) is 0 Å². The molecular formula is C18H25NO3. The maximum atomic E-state index is 12.4. The number of aliphatic carboxylic acids is 1. The summed E-state index contributed by atoms with van der Waals surface area (Å²) in [6.45, 7) is 4.18. The molecule has 1 fully saturated rings. The van der Waals surface area contributed by atoms with Crippen molar-refractivity contribution in [3.63, 3.8) is 0 Å². The Kier molecular flexibility index (Phi) is 5.22. The molecule has 2 rings (SSSR count). The Morgan fingerprint density at radius 2 is 1.77 bits per heavy atom. The second-order valence-corrected chi connectivity index (χ2v) is 6.61. The average molecular weight is 303 g/mol. The van der Waals surface area contributed by atoms with Gasteiger partial charge < -0.3 is 10.4 Å². The number of carbonyl (C=O) groups excluding carboxylic acids is 1. The minimum atomic E-state index is -1.05. The monoisotopic (exact) mass is 303 g/mol. The van der Waals surface area contributed by atoms with Gasteiger partial charge in [0.15, 0.2) is 0 Å². The van der Waals surface area contributed by atoms with Crippen molar-refractivity contribution in [3.8, 4) is 0 Å². The minimum absolute atomic E-state index is 0.105. The molecule has 1 saturated carbocycles. The van der Waals surface area contributed by atoms with Gasteiger partial charge in [-0.2, -0.15) is 0 Å². The van der Waals surface area contributed by atoms with E-state index in [2.05, 4.69) is 19.2 Å². The standard InChI is InChI=1S/C18H25NO3/c1-13(2)15(14-8-4-3-5-9-14)12-16(20)19-18(17(21)22)10-6-7-11-18/h3-5,8-9,13,15H,6-7,10-12H2,1-2H3,(H,19,20)(H,21,22). The molecule has 22 heavy (non-hydrogen) atoms. The van der Waals surface area contributed by atoms with Crippen LogP contribution in [-0.2, 0) is 9.59 Å². The molecule has 1 aromatic carbocycles. The number of hydrogen-bond acceptors (Lipinski definition) is 2. The van der Waals surface area contributed by atoms with Crippen molar-refractivity contribution < 1.29 is 14.7 Å². The molecule has 4 heteroatoms. The van der Waals surface area contributed by atoms with Crippen LogP contribution in [0, 0.1) is 5.92 Å². The van der Waals surface area contributed by atoms with Crippen LogP contribution in [-0.4, -0.2) is 22.5 Å². The van der Waals surface area contributed by atoms with Crippen molar-refractivity contribution in [1.82, 2.24) is 5.32 Å². The van der Waals surface area contributed by atoms with Gasteiger partial charge in [0.2, 0.25) is 5.91 Å². The Bertz CT molecular complexity index is 518. The van der Waals surface area contributed by atoms with E-state index >= 15 is 0 Å². The fourth-order valence-corrected chi connectivity index (χ4v) is 3.33. The third-order valence-corrected chi connectivity index (χ3v) is 4.68. The quantitative estimate of drug-likeness (QED) is 0.847. The van der Waals surface area contributed by atoms with E-state index in [1.165, 1.54) is 0 Å². The van der Waals surface area contributed by atoms with E-state index in [1.54, 1.807) is 0 Å². The second kappa shape index (κ2) is 6.95.